The lowest BCUT2D eigenvalue weighted by atomic mass is 10.2. The summed E-state index contributed by atoms with van der Waals surface area (Å²) in [5, 5.41) is 0. The minimum atomic E-state index is 0.629. The highest BCUT2D eigenvalue weighted by molar-refractivity contribution is 5.73. The SMILES string of the molecule is CCOc1cc(N)cc2c1N(C)CCO2. The van der Waals surface area contributed by atoms with Crippen LogP contribution in [0.4, 0.5) is 11.4 Å². The van der Waals surface area contributed by atoms with Gasteiger partial charge in [0, 0.05) is 24.9 Å². The molecular formula is C11H16N2O2. The Morgan fingerprint density at radius 1 is 1.53 bits per heavy atom. The van der Waals surface area contributed by atoms with Gasteiger partial charge in [-0.1, -0.05) is 0 Å². The Labute approximate surface area is 89.6 Å². The topological polar surface area (TPSA) is 47.7 Å². The van der Waals surface area contributed by atoms with Gasteiger partial charge in [0.05, 0.1) is 13.2 Å². The molecule has 2 N–H and O–H groups in total. The van der Waals surface area contributed by atoms with Gasteiger partial charge in [-0.05, 0) is 6.92 Å². The summed E-state index contributed by atoms with van der Waals surface area (Å²) < 4.78 is 11.1. The highest BCUT2D eigenvalue weighted by Gasteiger charge is 2.20. The molecule has 0 saturated carbocycles. The maximum Gasteiger partial charge on any atom is 0.148 e. The smallest absolute Gasteiger partial charge is 0.148 e. The van der Waals surface area contributed by atoms with E-state index in [1.165, 1.54) is 0 Å². The summed E-state index contributed by atoms with van der Waals surface area (Å²) in [7, 11) is 2.03. The van der Waals surface area contributed by atoms with Crippen LogP contribution in [0, 0.1) is 0 Å². The molecule has 0 aliphatic carbocycles. The number of benzene rings is 1. The van der Waals surface area contributed by atoms with Crippen molar-refractivity contribution in [1.82, 2.24) is 0 Å². The quantitative estimate of drug-likeness (QED) is 0.748. The van der Waals surface area contributed by atoms with Gasteiger partial charge in [-0.25, -0.2) is 0 Å². The molecule has 0 saturated heterocycles. The number of hydrogen-bond acceptors (Lipinski definition) is 4. The van der Waals surface area contributed by atoms with Crippen molar-refractivity contribution in [1.29, 1.82) is 0 Å². The van der Waals surface area contributed by atoms with E-state index in [-0.39, 0.29) is 0 Å². The first kappa shape index (κ1) is 9.96. The summed E-state index contributed by atoms with van der Waals surface area (Å²) in [5.74, 6) is 1.61. The van der Waals surface area contributed by atoms with Crippen LogP contribution in [0.1, 0.15) is 6.92 Å². The van der Waals surface area contributed by atoms with Crippen LogP contribution in [-0.2, 0) is 0 Å². The standard InChI is InChI=1S/C11H16N2O2/c1-3-14-9-6-8(12)7-10-11(9)13(2)4-5-15-10/h6-7H,3-5,12H2,1-2H3. The minimum absolute atomic E-state index is 0.629. The second-order valence-electron chi connectivity index (χ2n) is 3.57. The lowest BCUT2D eigenvalue weighted by molar-refractivity contribution is 0.299. The van der Waals surface area contributed by atoms with Crippen LogP contribution in [0.5, 0.6) is 11.5 Å². The summed E-state index contributed by atoms with van der Waals surface area (Å²) in [4.78, 5) is 2.13. The Morgan fingerprint density at radius 2 is 2.33 bits per heavy atom. The van der Waals surface area contributed by atoms with Crippen molar-refractivity contribution in [2.75, 3.05) is 37.4 Å². The second kappa shape index (κ2) is 3.88. The van der Waals surface area contributed by atoms with Crippen LogP contribution in [0.3, 0.4) is 0 Å². The van der Waals surface area contributed by atoms with Crippen LogP contribution in [0.15, 0.2) is 12.1 Å². The molecular weight excluding hydrogens is 192 g/mol. The second-order valence-corrected chi connectivity index (χ2v) is 3.57. The van der Waals surface area contributed by atoms with Crippen molar-refractivity contribution >= 4 is 11.4 Å². The van der Waals surface area contributed by atoms with Crippen molar-refractivity contribution in [2.24, 2.45) is 0 Å². The number of anilines is 2. The van der Waals surface area contributed by atoms with Crippen molar-refractivity contribution in [3.63, 3.8) is 0 Å². The first-order valence-electron chi connectivity index (χ1n) is 5.12. The third-order valence-corrected chi connectivity index (χ3v) is 2.43. The molecule has 1 aromatic carbocycles. The summed E-state index contributed by atoms with van der Waals surface area (Å²) in [6, 6.07) is 3.68. The first-order chi connectivity index (χ1) is 7.22. The lowest BCUT2D eigenvalue weighted by Crippen LogP contribution is -2.29. The van der Waals surface area contributed by atoms with E-state index < -0.39 is 0 Å². The molecule has 0 unspecified atom stereocenters. The van der Waals surface area contributed by atoms with Crippen LogP contribution >= 0.6 is 0 Å². The van der Waals surface area contributed by atoms with Crippen molar-refractivity contribution in [3.8, 4) is 11.5 Å². The third-order valence-electron chi connectivity index (χ3n) is 2.43. The monoisotopic (exact) mass is 208 g/mol. The molecule has 82 valence electrons. The van der Waals surface area contributed by atoms with E-state index in [2.05, 4.69) is 4.90 Å². The number of nitrogens with zero attached hydrogens (tertiary/aromatic N) is 1. The molecule has 0 bridgehead atoms. The molecule has 0 fully saturated rings. The summed E-state index contributed by atoms with van der Waals surface area (Å²) in [6.07, 6.45) is 0. The predicted octanol–water partition coefficient (Wildman–Crippen LogP) is 1.50. The van der Waals surface area contributed by atoms with Crippen molar-refractivity contribution in [2.45, 2.75) is 6.92 Å². The molecule has 15 heavy (non-hydrogen) atoms. The molecule has 1 aliphatic heterocycles. The van der Waals surface area contributed by atoms with E-state index in [1.807, 2.05) is 26.1 Å². The van der Waals surface area contributed by atoms with Gasteiger partial charge < -0.3 is 20.1 Å². The largest absolute Gasteiger partial charge is 0.491 e. The molecule has 0 radical (unpaired) electrons. The first-order valence-corrected chi connectivity index (χ1v) is 5.12. The molecule has 1 aliphatic rings. The summed E-state index contributed by atoms with van der Waals surface area (Å²) in [6.45, 7) is 4.15. The van der Waals surface area contributed by atoms with Crippen molar-refractivity contribution < 1.29 is 9.47 Å². The maximum atomic E-state index is 5.78. The number of ether oxygens (including phenoxy) is 2. The number of likely N-dealkylation sites (N-methyl/N-ethyl adjacent to an activating group) is 1. The Balaban J connectivity index is 2.48. The maximum absolute atomic E-state index is 5.78. The Kier molecular flexibility index (Phi) is 2.58. The molecule has 0 spiro atoms. The van der Waals surface area contributed by atoms with Crippen LogP contribution in [0.2, 0.25) is 0 Å². The average Bonchev–Trinajstić information content (AvgIpc) is 2.17. The van der Waals surface area contributed by atoms with E-state index in [4.69, 9.17) is 15.2 Å². The lowest BCUT2D eigenvalue weighted by Gasteiger charge is -2.29. The van der Waals surface area contributed by atoms with E-state index in [0.29, 0.717) is 18.9 Å². The van der Waals surface area contributed by atoms with Gasteiger partial charge in [0.15, 0.2) is 0 Å². The zero-order valence-electron chi connectivity index (χ0n) is 9.12. The van der Waals surface area contributed by atoms with Gasteiger partial charge in [-0.15, -0.1) is 0 Å². The fraction of sp³-hybridized carbons (Fsp3) is 0.455. The highest BCUT2D eigenvalue weighted by Crippen LogP contribution is 2.41. The molecule has 0 aromatic heterocycles. The van der Waals surface area contributed by atoms with E-state index in [0.717, 1.165) is 23.7 Å². The van der Waals surface area contributed by atoms with Gasteiger partial charge in [0.1, 0.15) is 23.8 Å². The van der Waals surface area contributed by atoms with Gasteiger partial charge >= 0.3 is 0 Å². The predicted molar refractivity (Wildman–Crippen MR) is 60.8 cm³/mol. The molecule has 0 atom stereocenters. The minimum Gasteiger partial charge on any atom is -0.491 e. The van der Waals surface area contributed by atoms with E-state index >= 15 is 0 Å². The zero-order chi connectivity index (χ0) is 10.8. The van der Waals surface area contributed by atoms with Crippen LogP contribution < -0.4 is 20.1 Å². The fourth-order valence-electron chi connectivity index (χ4n) is 1.76. The fourth-order valence-corrected chi connectivity index (χ4v) is 1.76. The van der Waals surface area contributed by atoms with Gasteiger partial charge in [0.25, 0.3) is 0 Å². The summed E-state index contributed by atoms with van der Waals surface area (Å²) in [5.41, 5.74) is 7.45. The number of rotatable bonds is 2. The molecule has 1 heterocycles. The number of nitrogens with two attached hydrogens (primary N) is 1. The van der Waals surface area contributed by atoms with Crippen molar-refractivity contribution in [3.05, 3.63) is 12.1 Å². The zero-order valence-corrected chi connectivity index (χ0v) is 9.12. The van der Waals surface area contributed by atoms with E-state index in [1.54, 1.807) is 0 Å². The molecule has 2 rings (SSSR count). The molecule has 4 heteroatoms. The molecule has 1 aromatic rings. The molecule has 4 nitrogen and oxygen atoms in total. The number of nitrogen functional groups attached to an aromatic ring is 1. The Bertz CT molecular complexity index is 366. The molecule has 0 amide bonds. The van der Waals surface area contributed by atoms with Crippen LogP contribution in [-0.4, -0.2) is 26.8 Å². The Hall–Kier alpha value is -1.58. The average molecular weight is 208 g/mol. The summed E-state index contributed by atoms with van der Waals surface area (Å²) >= 11 is 0. The third kappa shape index (κ3) is 1.79. The van der Waals surface area contributed by atoms with Crippen LogP contribution in [0.25, 0.3) is 0 Å². The van der Waals surface area contributed by atoms with E-state index in [9.17, 15) is 0 Å². The normalized spacial score (nSPS) is 14.4. The van der Waals surface area contributed by atoms with Gasteiger partial charge in [-0.3, -0.25) is 0 Å². The number of fused-ring (bicyclic) bond motifs is 1. The highest BCUT2D eigenvalue weighted by atomic mass is 16.5. The Morgan fingerprint density at radius 3 is 3.07 bits per heavy atom. The number of hydrogen-bond donors (Lipinski definition) is 1. The van der Waals surface area contributed by atoms with Gasteiger partial charge in [-0.2, -0.15) is 0 Å². The van der Waals surface area contributed by atoms with Gasteiger partial charge in [0.2, 0.25) is 0 Å².